The Hall–Kier alpha value is -6.24. The van der Waals surface area contributed by atoms with E-state index in [1.54, 1.807) is 0 Å². The molecule has 0 heterocycles. The van der Waals surface area contributed by atoms with Crippen LogP contribution >= 0.6 is 0 Å². The Kier molecular flexibility index (Phi) is 6.91. The second-order valence-corrected chi connectivity index (χ2v) is 12.5. The third-order valence-corrected chi connectivity index (χ3v) is 9.69. The van der Waals surface area contributed by atoms with Crippen molar-refractivity contribution in [1.29, 1.82) is 0 Å². The Morgan fingerprint density at radius 1 is 0.208 bits per heavy atom. The summed E-state index contributed by atoms with van der Waals surface area (Å²) in [6, 6.07) is 70.6. The minimum Gasteiger partial charge on any atom is -0.0622 e. The fraction of sp³-hybridized carbons (Fsp3) is 0. The molecule has 0 amide bonds. The predicted octanol–water partition coefficient (Wildman–Crippen LogP) is 13.5. The van der Waals surface area contributed by atoms with E-state index in [2.05, 4.69) is 194 Å². The summed E-state index contributed by atoms with van der Waals surface area (Å²) in [4.78, 5) is 0. The molecule has 224 valence electrons. The largest absolute Gasteiger partial charge is 0.0622 e. The number of hydrogen-bond donors (Lipinski definition) is 0. The second-order valence-electron chi connectivity index (χ2n) is 12.5. The van der Waals surface area contributed by atoms with Crippen LogP contribution in [0.15, 0.2) is 194 Å². The van der Waals surface area contributed by atoms with E-state index in [0.29, 0.717) is 0 Å². The molecule has 0 atom stereocenters. The zero-order valence-corrected chi connectivity index (χ0v) is 26.5. The van der Waals surface area contributed by atoms with Crippen LogP contribution in [0.5, 0.6) is 0 Å². The van der Waals surface area contributed by atoms with Crippen LogP contribution in [0.25, 0.3) is 88.0 Å². The molecule has 0 fully saturated rings. The van der Waals surface area contributed by atoms with Crippen LogP contribution in [0.1, 0.15) is 0 Å². The molecule has 0 saturated carbocycles. The molecular weight excluding hydrogens is 577 g/mol. The summed E-state index contributed by atoms with van der Waals surface area (Å²) in [5, 5.41) is 7.60. The van der Waals surface area contributed by atoms with E-state index in [1.807, 2.05) is 0 Å². The van der Waals surface area contributed by atoms with Gasteiger partial charge in [0, 0.05) is 0 Å². The second kappa shape index (κ2) is 11.8. The maximum atomic E-state index is 2.38. The Morgan fingerprint density at radius 3 is 1.12 bits per heavy atom. The smallest absolute Gasteiger partial charge is 0.00201 e. The molecule has 9 aromatic rings. The topological polar surface area (TPSA) is 0 Å². The first-order chi connectivity index (χ1) is 23.8. The molecule has 9 aromatic carbocycles. The van der Waals surface area contributed by atoms with Crippen molar-refractivity contribution in [2.45, 2.75) is 0 Å². The quantitative estimate of drug-likeness (QED) is 0.171. The van der Waals surface area contributed by atoms with Gasteiger partial charge in [0.2, 0.25) is 0 Å². The SMILES string of the molecule is c1ccc(-c2ccc(-c3ccc(-c4ccc5cccc(-c6c7ccccc7c(-c7ccccc7)c7ccccc67)c5c4)cc3)cc2)cc1. The van der Waals surface area contributed by atoms with Crippen molar-refractivity contribution >= 4 is 32.3 Å². The van der Waals surface area contributed by atoms with Gasteiger partial charge in [0.05, 0.1) is 0 Å². The van der Waals surface area contributed by atoms with Gasteiger partial charge in [-0.3, -0.25) is 0 Å². The fourth-order valence-corrected chi connectivity index (χ4v) is 7.35. The first-order valence-electron chi connectivity index (χ1n) is 16.6. The summed E-state index contributed by atoms with van der Waals surface area (Å²) < 4.78 is 0. The lowest BCUT2D eigenvalue weighted by Gasteiger charge is -2.19. The third kappa shape index (κ3) is 4.87. The Morgan fingerprint density at radius 2 is 0.604 bits per heavy atom. The normalized spacial score (nSPS) is 11.3. The first kappa shape index (κ1) is 28.0. The van der Waals surface area contributed by atoms with Gasteiger partial charge in [0.25, 0.3) is 0 Å². The molecule has 0 nitrogen and oxygen atoms in total. The maximum absolute atomic E-state index is 2.38. The first-order valence-corrected chi connectivity index (χ1v) is 16.6. The van der Waals surface area contributed by atoms with Gasteiger partial charge in [0.1, 0.15) is 0 Å². The summed E-state index contributed by atoms with van der Waals surface area (Å²) in [6.07, 6.45) is 0. The highest BCUT2D eigenvalue weighted by Gasteiger charge is 2.18. The van der Waals surface area contributed by atoms with Crippen LogP contribution < -0.4 is 0 Å². The van der Waals surface area contributed by atoms with Crippen LogP contribution in [0.4, 0.5) is 0 Å². The molecule has 0 N–H and O–H groups in total. The number of hydrogen-bond acceptors (Lipinski definition) is 0. The van der Waals surface area contributed by atoms with Crippen molar-refractivity contribution in [3.63, 3.8) is 0 Å². The van der Waals surface area contributed by atoms with Gasteiger partial charge in [-0.1, -0.05) is 188 Å². The predicted molar refractivity (Wildman–Crippen MR) is 206 cm³/mol. The number of rotatable bonds is 5. The van der Waals surface area contributed by atoms with E-state index in [4.69, 9.17) is 0 Å². The summed E-state index contributed by atoms with van der Waals surface area (Å²) >= 11 is 0. The summed E-state index contributed by atoms with van der Waals surface area (Å²) in [7, 11) is 0. The van der Waals surface area contributed by atoms with Crippen molar-refractivity contribution in [3.8, 4) is 55.6 Å². The van der Waals surface area contributed by atoms with E-state index >= 15 is 0 Å². The van der Waals surface area contributed by atoms with Crippen LogP contribution in [0.3, 0.4) is 0 Å². The number of benzene rings is 9. The molecule has 0 heteroatoms. The van der Waals surface area contributed by atoms with Crippen LogP contribution in [0.2, 0.25) is 0 Å². The third-order valence-electron chi connectivity index (χ3n) is 9.69. The lowest BCUT2D eigenvalue weighted by molar-refractivity contribution is 1.58. The minimum atomic E-state index is 1.21. The molecule has 0 radical (unpaired) electrons. The molecule has 9 rings (SSSR count). The summed E-state index contributed by atoms with van der Waals surface area (Å²) in [5.41, 5.74) is 12.4. The minimum absolute atomic E-state index is 1.21. The molecular formula is C48H32. The molecule has 0 aliphatic heterocycles. The highest BCUT2D eigenvalue weighted by molar-refractivity contribution is 6.23. The average molecular weight is 609 g/mol. The zero-order valence-electron chi connectivity index (χ0n) is 26.5. The molecule has 0 aliphatic rings. The van der Waals surface area contributed by atoms with Gasteiger partial charge in [-0.05, 0) is 94.0 Å². The zero-order chi connectivity index (χ0) is 31.9. The lowest BCUT2D eigenvalue weighted by Crippen LogP contribution is -1.91. The molecule has 0 saturated heterocycles. The van der Waals surface area contributed by atoms with Gasteiger partial charge in [-0.15, -0.1) is 0 Å². The van der Waals surface area contributed by atoms with Crippen molar-refractivity contribution in [1.82, 2.24) is 0 Å². The van der Waals surface area contributed by atoms with Crippen LogP contribution in [-0.4, -0.2) is 0 Å². The van der Waals surface area contributed by atoms with Gasteiger partial charge in [0.15, 0.2) is 0 Å². The highest BCUT2D eigenvalue weighted by Crippen LogP contribution is 2.45. The summed E-state index contributed by atoms with van der Waals surface area (Å²) in [5.74, 6) is 0. The van der Waals surface area contributed by atoms with E-state index in [0.717, 1.165) is 0 Å². The Balaban J connectivity index is 1.16. The van der Waals surface area contributed by atoms with Crippen molar-refractivity contribution in [2.75, 3.05) is 0 Å². The molecule has 0 unspecified atom stereocenters. The molecule has 0 spiro atoms. The standard InChI is InChI=1S/C48H32/c1-3-12-33(13-4-1)34-22-24-35(25-23-34)36-26-28-37(29-27-36)40-31-30-38-16-11-21-45(46(38)32-40)48-43-19-9-7-17-41(43)47(39-14-5-2-6-15-39)42-18-8-10-20-44(42)48/h1-32H. The highest BCUT2D eigenvalue weighted by atomic mass is 14.2. The maximum Gasteiger partial charge on any atom is -0.00201 e. The van der Waals surface area contributed by atoms with Crippen LogP contribution in [-0.2, 0) is 0 Å². The van der Waals surface area contributed by atoms with Crippen molar-refractivity contribution in [3.05, 3.63) is 194 Å². The van der Waals surface area contributed by atoms with E-state index in [1.165, 1.54) is 88.0 Å². The van der Waals surface area contributed by atoms with Crippen molar-refractivity contribution in [2.24, 2.45) is 0 Å². The molecule has 0 aliphatic carbocycles. The van der Waals surface area contributed by atoms with Crippen molar-refractivity contribution < 1.29 is 0 Å². The van der Waals surface area contributed by atoms with Gasteiger partial charge >= 0.3 is 0 Å². The molecule has 0 bridgehead atoms. The van der Waals surface area contributed by atoms with Gasteiger partial charge in [-0.2, -0.15) is 0 Å². The average Bonchev–Trinajstić information content (AvgIpc) is 3.17. The molecule has 48 heavy (non-hydrogen) atoms. The Bertz CT molecular complexity index is 2500. The van der Waals surface area contributed by atoms with Crippen LogP contribution in [0, 0.1) is 0 Å². The van der Waals surface area contributed by atoms with E-state index in [9.17, 15) is 0 Å². The molecule has 0 aromatic heterocycles. The summed E-state index contributed by atoms with van der Waals surface area (Å²) in [6.45, 7) is 0. The van der Waals surface area contributed by atoms with E-state index in [-0.39, 0.29) is 0 Å². The monoisotopic (exact) mass is 608 g/mol. The Labute approximate surface area is 281 Å². The number of fused-ring (bicyclic) bond motifs is 3. The van der Waals surface area contributed by atoms with Gasteiger partial charge in [-0.25, -0.2) is 0 Å². The fourth-order valence-electron chi connectivity index (χ4n) is 7.35. The van der Waals surface area contributed by atoms with E-state index < -0.39 is 0 Å². The lowest BCUT2D eigenvalue weighted by atomic mass is 9.84. The van der Waals surface area contributed by atoms with Gasteiger partial charge < -0.3 is 0 Å².